The number of hydrogen-bond donors (Lipinski definition) is 3. The number of rotatable bonds is 3. The van der Waals surface area contributed by atoms with Gasteiger partial charge in [-0.2, -0.15) is 0 Å². The van der Waals surface area contributed by atoms with E-state index in [2.05, 4.69) is 0 Å². The van der Waals surface area contributed by atoms with Crippen molar-refractivity contribution in [1.82, 2.24) is 0 Å². The first-order chi connectivity index (χ1) is 8.97. The highest BCUT2D eigenvalue weighted by Gasteiger charge is 2.47. The van der Waals surface area contributed by atoms with Crippen LogP contribution in [0.5, 0.6) is 0 Å². The van der Waals surface area contributed by atoms with Crippen LogP contribution in [0.25, 0.3) is 0 Å². The number of Topliss-reactive ketones (excluding diaryl/α,β-unsaturated/α-hetero) is 1. The van der Waals surface area contributed by atoms with Crippen LogP contribution in [0.3, 0.4) is 0 Å². The van der Waals surface area contributed by atoms with Crippen molar-refractivity contribution < 1.29 is 20.1 Å². The maximum absolute atomic E-state index is 12.2. The Hall–Kier alpha value is -0.710. The van der Waals surface area contributed by atoms with E-state index >= 15 is 0 Å². The predicted octanol–water partition coefficient (Wildman–Crippen LogP) is 0.898. The van der Waals surface area contributed by atoms with Gasteiger partial charge in [-0.1, -0.05) is 18.6 Å². The third kappa shape index (κ3) is 2.62. The van der Waals surface area contributed by atoms with Gasteiger partial charge in [-0.05, 0) is 31.6 Å². The van der Waals surface area contributed by atoms with E-state index in [1.54, 1.807) is 6.08 Å². The van der Waals surface area contributed by atoms with Crippen molar-refractivity contribution in [3.63, 3.8) is 0 Å². The molecule has 2 aliphatic rings. The van der Waals surface area contributed by atoms with Gasteiger partial charge in [-0.3, -0.25) is 4.79 Å². The Balaban J connectivity index is 2.29. The molecule has 0 heterocycles. The van der Waals surface area contributed by atoms with Crippen molar-refractivity contribution in [3.05, 3.63) is 11.6 Å². The minimum atomic E-state index is -0.666. The second-order valence-electron chi connectivity index (χ2n) is 6.11. The lowest BCUT2D eigenvalue weighted by Gasteiger charge is -2.47. The molecule has 19 heavy (non-hydrogen) atoms. The molecule has 0 aromatic rings. The molecular formula is C15H24O4. The van der Waals surface area contributed by atoms with Crippen LogP contribution in [0, 0.1) is 23.7 Å². The second kappa shape index (κ2) is 5.73. The lowest BCUT2D eigenvalue weighted by Crippen LogP contribution is -2.50. The van der Waals surface area contributed by atoms with Crippen molar-refractivity contribution in [1.29, 1.82) is 0 Å². The normalized spacial score (nSPS) is 42.5. The van der Waals surface area contributed by atoms with Crippen LogP contribution in [0.1, 0.15) is 33.1 Å². The van der Waals surface area contributed by atoms with Gasteiger partial charge in [0, 0.05) is 24.9 Å². The molecule has 0 unspecified atom stereocenters. The number of ketones is 1. The minimum Gasteiger partial charge on any atom is -0.396 e. The van der Waals surface area contributed by atoms with E-state index in [-0.39, 0.29) is 42.5 Å². The Bertz CT molecular complexity index is 376. The summed E-state index contributed by atoms with van der Waals surface area (Å²) in [5, 5.41) is 29.5. The summed E-state index contributed by atoms with van der Waals surface area (Å²) in [5.74, 6) is -0.302. The van der Waals surface area contributed by atoms with Gasteiger partial charge in [-0.25, -0.2) is 0 Å². The molecule has 6 atom stereocenters. The number of aliphatic hydroxyl groups is 3. The first-order valence-electron chi connectivity index (χ1n) is 7.15. The predicted molar refractivity (Wildman–Crippen MR) is 71.3 cm³/mol. The van der Waals surface area contributed by atoms with Crippen molar-refractivity contribution in [2.75, 3.05) is 6.61 Å². The average molecular weight is 268 g/mol. The minimum absolute atomic E-state index is 0.00486. The zero-order chi connectivity index (χ0) is 14.2. The van der Waals surface area contributed by atoms with Gasteiger partial charge in [0.05, 0.1) is 12.2 Å². The molecule has 3 N–H and O–H groups in total. The van der Waals surface area contributed by atoms with Crippen molar-refractivity contribution in [2.24, 2.45) is 23.7 Å². The highest BCUT2D eigenvalue weighted by molar-refractivity contribution is 5.84. The topological polar surface area (TPSA) is 77.8 Å². The summed E-state index contributed by atoms with van der Waals surface area (Å²) < 4.78 is 0. The van der Waals surface area contributed by atoms with E-state index in [1.807, 2.05) is 13.8 Å². The van der Waals surface area contributed by atoms with Gasteiger partial charge in [0.2, 0.25) is 0 Å². The molecule has 2 rings (SSSR count). The Labute approximate surface area is 114 Å². The van der Waals surface area contributed by atoms with Crippen molar-refractivity contribution >= 4 is 5.78 Å². The lowest BCUT2D eigenvalue weighted by molar-refractivity contribution is -0.130. The monoisotopic (exact) mass is 268 g/mol. The van der Waals surface area contributed by atoms with E-state index in [1.165, 1.54) is 0 Å². The molecule has 0 bridgehead atoms. The van der Waals surface area contributed by atoms with Crippen molar-refractivity contribution in [3.8, 4) is 0 Å². The summed E-state index contributed by atoms with van der Waals surface area (Å²) in [5.41, 5.74) is 0.883. The lowest BCUT2D eigenvalue weighted by atomic mass is 9.60. The third-order valence-corrected chi connectivity index (χ3v) is 4.88. The number of hydrogen-bond acceptors (Lipinski definition) is 4. The third-order valence-electron chi connectivity index (χ3n) is 4.88. The average Bonchev–Trinajstić information content (AvgIpc) is 2.33. The number of aliphatic hydroxyl groups excluding tert-OH is 3. The molecule has 4 nitrogen and oxygen atoms in total. The van der Waals surface area contributed by atoms with Gasteiger partial charge < -0.3 is 15.3 Å². The van der Waals surface area contributed by atoms with Crippen LogP contribution in [-0.4, -0.2) is 39.9 Å². The molecule has 108 valence electrons. The van der Waals surface area contributed by atoms with Gasteiger partial charge in [0.1, 0.15) is 5.78 Å². The molecule has 2 aliphatic carbocycles. The zero-order valence-electron chi connectivity index (χ0n) is 11.6. The summed E-state index contributed by atoms with van der Waals surface area (Å²) in [6.07, 6.45) is 2.38. The second-order valence-corrected chi connectivity index (χ2v) is 6.11. The van der Waals surface area contributed by atoms with E-state index < -0.39 is 12.2 Å². The van der Waals surface area contributed by atoms with Gasteiger partial charge in [0.15, 0.2) is 0 Å². The number of carbonyl (C=O) groups excluding carboxylic acids is 1. The molecule has 0 aliphatic heterocycles. The molecule has 0 amide bonds. The Morgan fingerprint density at radius 3 is 2.68 bits per heavy atom. The van der Waals surface area contributed by atoms with Crippen LogP contribution in [-0.2, 0) is 4.79 Å². The van der Waals surface area contributed by atoms with Crippen LogP contribution in [0.4, 0.5) is 0 Å². The Morgan fingerprint density at radius 2 is 2.05 bits per heavy atom. The fraction of sp³-hybridized carbons (Fsp3) is 0.800. The SMILES string of the molecule is CC1=C[C@H](O)[C@H]2[C@H](O)[C@@H](C)CC[C@@H]2[C@H]1C(=O)CCO. The summed E-state index contributed by atoms with van der Waals surface area (Å²) in [4.78, 5) is 12.2. The van der Waals surface area contributed by atoms with Gasteiger partial charge in [0.25, 0.3) is 0 Å². The number of carbonyl (C=O) groups is 1. The van der Waals surface area contributed by atoms with Crippen molar-refractivity contribution in [2.45, 2.75) is 45.3 Å². The molecule has 1 fully saturated rings. The van der Waals surface area contributed by atoms with Gasteiger partial charge in [-0.15, -0.1) is 0 Å². The Morgan fingerprint density at radius 1 is 1.37 bits per heavy atom. The largest absolute Gasteiger partial charge is 0.396 e. The van der Waals surface area contributed by atoms with Crippen LogP contribution in [0.15, 0.2) is 11.6 Å². The quantitative estimate of drug-likeness (QED) is 0.665. The summed E-state index contributed by atoms with van der Waals surface area (Å²) >= 11 is 0. The standard InChI is InChI=1S/C15H24O4/c1-8-3-4-10-13(11(17)5-6-16)9(2)7-12(18)14(10)15(8)19/h7-8,10,12-16,18-19H,3-6H2,1-2H3/t8-,10+,12-,13-,14-,15+/m0/s1. The highest BCUT2D eigenvalue weighted by Crippen LogP contribution is 2.46. The fourth-order valence-electron chi connectivity index (χ4n) is 3.88. The smallest absolute Gasteiger partial charge is 0.142 e. The molecule has 0 radical (unpaired) electrons. The first kappa shape index (κ1) is 14.7. The van der Waals surface area contributed by atoms with Crippen LogP contribution < -0.4 is 0 Å². The summed E-state index contributed by atoms with van der Waals surface area (Å²) in [6, 6.07) is 0. The maximum atomic E-state index is 12.2. The molecule has 1 saturated carbocycles. The summed E-state index contributed by atoms with van der Waals surface area (Å²) in [7, 11) is 0. The van der Waals surface area contributed by atoms with E-state index in [9.17, 15) is 15.0 Å². The van der Waals surface area contributed by atoms with Crippen LogP contribution in [0.2, 0.25) is 0 Å². The van der Waals surface area contributed by atoms with Crippen LogP contribution >= 0.6 is 0 Å². The zero-order valence-corrected chi connectivity index (χ0v) is 11.6. The Kier molecular flexibility index (Phi) is 4.43. The number of allylic oxidation sites excluding steroid dienone is 1. The summed E-state index contributed by atoms with van der Waals surface area (Å²) in [6.45, 7) is 3.72. The van der Waals surface area contributed by atoms with Gasteiger partial charge >= 0.3 is 0 Å². The highest BCUT2D eigenvalue weighted by atomic mass is 16.3. The van der Waals surface area contributed by atoms with E-state index in [0.717, 1.165) is 18.4 Å². The van der Waals surface area contributed by atoms with E-state index in [0.29, 0.717) is 0 Å². The first-order valence-corrected chi connectivity index (χ1v) is 7.15. The molecule has 0 spiro atoms. The number of fused-ring (bicyclic) bond motifs is 1. The molecule has 0 saturated heterocycles. The molecule has 0 aromatic heterocycles. The fourth-order valence-corrected chi connectivity index (χ4v) is 3.88. The molecular weight excluding hydrogens is 244 g/mol. The molecule has 4 heteroatoms. The van der Waals surface area contributed by atoms with E-state index in [4.69, 9.17) is 5.11 Å². The maximum Gasteiger partial charge on any atom is 0.142 e. The molecule has 0 aromatic carbocycles.